The van der Waals surface area contributed by atoms with Gasteiger partial charge in [-0.05, 0) is 94.5 Å². The number of aliphatic hydroxyl groups excluding tert-OH is 5. The molecule has 0 radical (unpaired) electrons. The summed E-state index contributed by atoms with van der Waals surface area (Å²) in [7, 11) is 0. The van der Waals surface area contributed by atoms with Crippen LogP contribution in [0.3, 0.4) is 0 Å². The number of ether oxygens (including phenoxy) is 6. The lowest BCUT2D eigenvalue weighted by molar-refractivity contribution is -0.327. The zero-order valence-electron chi connectivity index (χ0n) is 32.7. The Morgan fingerprint density at radius 3 is 2.00 bits per heavy atom. The van der Waals surface area contributed by atoms with Gasteiger partial charge < -0.3 is 59.1 Å². The number of rotatable bonds is 6. The number of ketones is 1. The van der Waals surface area contributed by atoms with Crippen molar-refractivity contribution in [2.75, 3.05) is 6.61 Å². The Hall–Kier alpha value is -1.56. The minimum absolute atomic E-state index is 0.0512. The van der Waals surface area contributed by atoms with E-state index in [9.17, 15) is 40.2 Å². The second-order valence-corrected chi connectivity index (χ2v) is 18.8. The van der Waals surface area contributed by atoms with E-state index in [1.807, 2.05) is 13.8 Å². The molecule has 4 aliphatic carbocycles. The summed E-state index contributed by atoms with van der Waals surface area (Å²) in [6.45, 7) is 9.46. The summed E-state index contributed by atoms with van der Waals surface area (Å²) in [5.41, 5.74) is -1.87. The standard InChI is InChI=1S/C41H62O14/c1-18-36(48)27(42)15-34(52-18)54-38-20(3)53-35(16-29(38)44)55-37-19(2)51-30(14-28(37)43)21-10-23-6-7-25-26(39(23,4)31(45)11-21)13-32(46)40(5)24(8-9-41(25,40)49)22-12-33(47)50-17-22/h12,18-21,23-30,32,34-38,42-44,46,48-49H,6-11,13-17H2,1-5H3/t18-,19-,20-,21+,23?,24?,25-,26+,27+,28+,29+,30+,32-,34+,35+,36+,37+,38+,39+,40+,41+/m1/s1. The van der Waals surface area contributed by atoms with Gasteiger partial charge in [0.15, 0.2) is 12.6 Å². The highest BCUT2D eigenvalue weighted by Gasteiger charge is 2.72. The van der Waals surface area contributed by atoms with Gasteiger partial charge in [-0.15, -0.1) is 0 Å². The van der Waals surface area contributed by atoms with Crippen molar-refractivity contribution in [1.82, 2.24) is 0 Å². The minimum atomic E-state index is -1.17. The maximum Gasteiger partial charge on any atom is 0.331 e. The predicted molar refractivity (Wildman–Crippen MR) is 192 cm³/mol. The summed E-state index contributed by atoms with van der Waals surface area (Å²) in [6, 6.07) is 0. The smallest absolute Gasteiger partial charge is 0.331 e. The van der Waals surface area contributed by atoms with Crippen molar-refractivity contribution in [2.45, 2.75) is 184 Å². The molecule has 14 heteroatoms. The molecule has 3 saturated heterocycles. The molecule has 0 spiro atoms. The van der Waals surface area contributed by atoms with E-state index in [4.69, 9.17) is 28.4 Å². The number of carbonyl (C=O) groups excluding carboxylic acids is 2. The van der Waals surface area contributed by atoms with Crippen LogP contribution in [-0.4, -0.2) is 134 Å². The first-order chi connectivity index (χ1) is 25.9. The Morgan fingerprint density at radius 2 is 1.38 bits per heavy atom. The maximum atomic E-state index is 14.5. The maximum absolute atomic E-state index is 14.5. The Labute approximate surface area is 322 Å². The van der Waals surface area contributed by atoms with Crippen LogP contribution in [0.5, 0.6) is 0 Å². The van der Waals surface area contributed by atoms with Crippen LogP contribution < -0.4 is 0 Å². The average molecular weight is 779 g/mol. The highest BCUT2D eigenvalue weighted by atomic mass is 16.7. The van der Waals surface area contributed by atoms with Gasteiger partial charge in [-0.2, -0.15) is 0 Å². The molecule has 0 aromatic rings. The average Bonchev–Trinajstić information content (AvgIpc) is 3.67. The van der Waals surface area contributed by atoms with E-state index in [0.717, 1.165) is 24.8 Å². The summed E-state index contributed by atoms with van der Waals surface area (Å²) in [5, 5.41) is 67.1. The fraction of sp³-hybridized carbons (Fsp3) is 0.902. The molecule has 0 amide bonds. The first-order valence-electron chi connectivity index (χ1n) is 20.8. The molecule has 4 saturated carbocycles. The summed E-state index contributed by atoms with van der Waals surface area (Å²) in [4.78, 5) is 26.4. The van der Waals surface area contributed by atoms with Gasteiger partial charge in [0, 0.05) is 42.6 Å². The molecule has 6 N–H and O–H groups in total. The number of aliphatic hydroxyl groups is 6. The molecule has 4 aliphatic heterocycles. The zero-order chi connectivity index (χ0) is 39.4. The molecule has 21 atom stereocenters. The molecule has 2 unspecified atom stereocenters. The van der Waals surface area contributed by atoms with Gasteiger partial charge in [0.2, 0.25) is 0 Å². The molecule has 0 aromatic carbocycles. The van der Waals surface area contributed by atoms with E-state index >= 15 is 0 Å². The van der Waals surface area contributed by atoms with Crippen molar-refractivity contribution < 1.29 is 68.6 Å². The largest absolute Gasteiger partial charge is 0.458 e. The molecular weight excluding hydrogens is 716 g/mol. The van der Waals surface area contributed by atoms with Gasteiger partial charge in [-0.3, -0.25) is 4.79 Å². The van der Waals surface area contributed by atoms with Crippen molar-refractivity contribution in [3.8, 4) is 0 Å². The van der Waals surface area contributed by atoms with E-state index in [0.29, 0.717) is 25.7 Å². The lowest BCUT2D eigenvalue weighted by Gasteiger charge is -2.64. The molecule has 310 valence electrons. The van der Waals surface area contributed by atoms with Crippen molar-refractivity contribution >= 4 is 11.8 Å². The fourth-order valence-electron chi connectivity index (χ4n) is 12.9. The highest BCUT2D eigenvalue weighted by Crippen LogP contribution is 2.70. The third-order valence-electron chi connectivity index (χ3n) is 16.1. The first-order valence-corrected chi connectivity index (χ1v) is 20.8. The van der Waals surface area contributed by atoms with Crippen molar-refractivity contribution in [2.24, 2.45) is 40.4 Å². The van der Waals surface area contributed by atoms with Crippen LogP contribution in [0.2, 0.25) is 0 Å². The van der Waals surface area contributed by atoms with Gasteiger partial charge in [-0.1, -0.05) is 13.8 Å². The Kier molecular flexibility index (Phi) is 10.7. The topological polar surface area (TPSA) is 211 Å². The number of cyclic esters (lactones) is 1. The molecule has 14 nitrogen and oxygen atoms in total. The second-order valence-electron chi connectivity index (χ2n) is 18.8. The molecule has 0 aromatic heterocycles. The van der Waals surface area contributed by atoms with Gasteiger partial charge >= 0.3 is 5.97 Å². The van der Waals surface area contributed by atoms with E-state index in [-0.39, 0.29) is 73.3 Å². The SMILES string of the molecule is C[C@H]1O[C@@H](O[C@@H]2[C@@H](O)C[C@H](O[C@@H]3[C@@H](O)C[C@@H]([C@@H]4CC(=O)[C@@]5(C)C(CC[C@@H]6[C@@H]5C[C@@H](O)[C@]5(C)C(C7=CC(=O)OC7)CC[C@]65O)C4)O[C@@H]3C)O[C@@H]2C)C[C@H](O)[C@H]1O. The van der Waals surface area contributed by atoms with Crippen LogP contribution in [0.4, 0.5) is 0 Å². The molecule has 55 heavy (non-hydrogen) atoms. The van der Waals surface area contributed by atoms with Crippen LogP contribution in [-0.2, 0) is 38.0 Å². The zero-order valence-corrected chi connectivity index (χ0v) is 32.7. The molecular formula is C41H62O14. The first kappa shape index (κ1) is 40.2. The van der Waals surface area contributed by atoms with Gasteiger partial charge in [0.25, 0.3) is 0 Å². The molecule has 8 rings (SSSR count). The van der Waals surface area contributed by atoms with Crippen LogP contribution in [0.1, 0.15) is 98.8 Å². The van der Waals surface area contributed by atoms with Crippen LogP contribution in [0, 0.1) is 40.4 Å². The van der Waals surface area contributed by atoms with Crippen LogP contribution in [0.15, 0.2) is 11.6 Å². The van der Waals surface area contributed by atoms with Crippen molar-refractivity contribution in [1.29, 1.82) is 0 Å². The number of fused-ring (bicyclic) bond motifs is 5. The number of esters is 1. The summed E-state index contributed by atoms with van der Waals surface area (Å²) >= 11 is 0. The van der Waals surface area contributed by atoms with Crippen LogP contribution in [0.25, 0.3) is 0 Å². The van der Waals surface area contributed by atoms with Crippen molar-refractivity contribution in [3.63, 3.8) is 0 Å². The number of carbonyl (C=O) groups is 2. The predicted octanol–water partition coefficient (Wildman–Crippen LogP) is 1.67. The lowest BCUT2D eigenvalue weighted by Crippen LogP contribution is -2.68. The number of hydrogen-bond acceptors (Lipinski definition) is 14. The molecule has 4 heterocycles. The Bertz CT molecular complexity index is 1470. The number of Topliss-reactive ketones (excluding diaryl/α,β-unsaturated/α-hetero) is 1. The molecule has 8 aliphatic rings. The molecule has 7 fully saturated rings. The summed E-state index contributed by atoms with van der Waals surface area (Å²) < 4.78 is 35.8. The van der Waals surface area contributed by atoms with E-state index in [1.165, 1.54) is 6.08 Å². The van der Waals surface area contributed by atoms with Gasteiger partial charge in [0.05, 0.1) is 54.4 Å². The second kappa shape index (κ2) is 14.6. The Morgan fingerprint density at radius 1 is 0.745 bits per heavy atom. The summed E-state index contributed by atoms with van der Waals surface area (Å²) in [5.74, 6) is -0.772. The quantitative estimate of drug-likeness (QED) is 0.212. The monoisotopic (exact) mass is 778 g/mol. The van der Waals surface area contributed by atoms with E-state index in [1.54, 1.807) is 13.8 Å². The third kappa shape index (κ3) is 6.48. The highest BCUT2D eigenvalue weighted by molar-refractivity contribution is 5.87. The Balaban J connectivity index is 0.884. The fourth-order valence-corrected chi connectivity index (χ4v) is 12.9. The minimum Gasteiger partial charge on any atom is -0.458 e. The van der Waals surface area contributed by atoms with Gasteiger partial charge in [-0.25, -0.2) is 4.79 Å². The van der Waals surface area contributed by atoms with E-state index < -0.39 is 90.1 Å². The van der Waals surface area contributed by atoms with E-state index in [2.05, 4.69) is 6.92 Å². The summed E-state index contributed by atoms with van der Waals surface area (Å²) in [6.07, 6.45) is -3.86. The lowest BCUT2D eigenvalue weighted by atomic mass is 9.41. The van der Waals surface area contributed by atoms with Crippen molar-refractivity contribution in [3.05, 3.63) is 11.6 Å². The number of hydrogen-bond donors (Lipinski definition) is 6. The van der Waals surface area contributed by atoms with Gasteiger partial charge in [0.1, 0.15) is 30.7 Å². The molecule has 0 bridgehead atoms. The van der Waals surface area contributed by atoms with Crippen LogP contribution >= 0.6 is 0 Å². The normalized spacial score (nSPS) is 55.6. The third-order valence-corrected chi connectivity index (χ3v) is 16.1.